The first kappa shape index (κ1) is 17.5. The molecule has 0 spiro atoms. The normalized spacial score (nSPS) is 10.5. The highest BCUT2D eigenvalue weighted by Crippen LogP contribution is 2.30. The number of amides is 3. The van der Waals surface area contributed by atoms with Crippen LogP contribution in [0.25, 0.3) is 10.9 Å². The Morgan fingerprint density at radius 3 is 2.54 bits per heavy atom. The summed E-state index contributed by atoms with van der Waals surface area (Å²) in [7, 11) is 0. The molecule has 0 unspecified atom stereocenters. The Morgan fingerprint density at radius 1 is 1.25 bits per heavy atom. The number of aromatic amines is 1. The molecule has 0 aliphatic heterocycles. The van der Waals surface area contributed by atoms with E-state index in [-0.39, 0.29) is 18.0 Å². The van der Waals surface area contributed by atoms with Gasteiger partial charge in [-0.25, -0.2) is 14.0 Å². The molecule has 8 heteroatoms. The van der Waals surface area contributed by atoms with E-state index in [4.69, 9.17) is 4.74 Å². The Morgan fingerprint density at radius 2 is 1.96 bits per heavy atom. The molecular formula is C16H18FN3O4. The molecule has 0 saturated carbocycles. The average Bonchev–Trinajstić information content (AvgIpc) is 2.83. The molecule has 0 atom stereocenters. The number of ether oxygens (including phenoxy) is 1. The Balaban J connectivity index is 2.59. The fourth-order valence-electron chi connectivity index (χ4n) is 2.42. The number of halogens is 1. The van der Waals surface area contributed by atoms with Crippen molar-refractivity contribution in [3.63, 3.8) is 0 Å². The van der Waals surface area contributed by atoms with Crippen LogP contribution in [0.1, 0.15) is 36.7 Å². The topological polar surface area (TPSA) is 100 Å². The molecule has 1 aromatic carbocycles. The molecule has 0 fully saturated rings. The number of hydrogen-bond donors (Lipinski definition) is 3. The number of nitrogens with one attached hydrogen (secondary N) is 3. The summed E-state index contributed by atoms with van der Waals surface area (Å²) in [5.41, 5.74) is 1.19. The van der Waals surface area contributed by atoms with E-state index in [1.165, 1.54) is 19.1 Å². The van der Waals surface area contributed by atoms with Crippen molar-refractivity contribution in [2.24, 2.45) is 0 Å². The van der Waals surface area contributed by atoms with Crippen LogP contribution in [-0.4, -0.2) is 29.5 Å². The van der Waals surface area contributed by atoms with E-state index < -0.39 is 23.7 Å². The van der Waals surface area contributed by atoms with Gasteiger partial charge in [0.15, 0.2) is 0 Å². The summed E-state index contributed by atoms with van der Waals surface area (Å²) < 4.78 is 18.8. The summed E-state index contributed by atoms with van der Waals surface area (Å²) >= 11 is 0. The van der Waals surface area contributed by atoms with Gasteiger partial charge in [0.05, 0.1) is 12.1 Å². The van der Waals surface area contributed by atoms with Crippen molar-refractivity contribution in [1.29, 1.82) is 0 Å². The molecule has 3 N–H and O–H groups in total. The quantitative estimate of drug-likeness (QED) is 0.748. The summed E-state index contributed by atoms with van der Waals surface area (Å²) in [6.07, 6.45) is 0.524. The lowest BCUT2D eigenvalue weighted by Gasteiger charge is -2.06. The maximum Gasteiger partial charge on any atom is 0.342 e. The molecule has 128 valence electrons. The third-order valence-electron chi connectivity index (χ3n) is 3.34. The van der Waals surface area contributed by atoms with Crippen molar-refractivity contribution < 1.29 is 23.5 Å². The highest BCUT2D eigenvalue weighted by atomic mass is 19.1. The van der Waals surface area contributed by atoms with Crippen molar-refractivity contribution in [3.05, 3.63) is 29.1 Å². The summed E-state index contributed by atoms with van der Waals surface area (Å²) in [6.45, 7) is 4.79. The minimum Gasteiger partial charge on any atom is -0.462 e. The fourth-order valence-corrected chi connectivity index (χ4v) is 2.42. The van der Waals surface area contributed by atoms with Gasteiger partial charge in [0, 0.05) is 12.3 Å². The number of urea groups is 1. The second-order valence-electron chi connectivity index (χ2n) is 5.07. The van der Waals surface area contributed by atoms with Crippen LogP contribution in [0.4, 0.5) is 15.0 Å². The number of carbonyl (C=O) groups excluding carboxylic acids is 3. The molecule has 0 aliphatic carbocycles. The minimum absolute atomic E-state index is 0.0137. The molecule has 24 heavy (non-hydrogen) atoms. The van der Waals surface area contributed by atoms with Gasteiger partial charge in [-0.15, -0.1) is 0 Å². The van der Waals surface area contributed by atoms with E-state index in [9.17, 15) is 18.8 Å². The molecule has 1 heterocycles. The van der Waals surface area contributed by atoms with Crippen LogP contribution in [0.3, 0.4) is 0 Å². The van der Waals surface area contributed by atoms with Crippen LogP contribution in [-0.2, 0) is 16.0 Å². The average molecular weight is 335 g/mol. The summed E-state index contributed by atoms with van der Waals surface area (Å²) in [5.74, 6) is -1.71. The number of carbonyl (C=O) groups is 3. The van der Waals surface area contributed by atoms with Gasteiger partial charge in [-0.3, -0.25) is 15.4 Å². The van der Waals surface area contributed by atoms with Crippen molar-refractivity contribution in [3.8, 4) is 0 Å². The number of H-pyrrole nitrogens is 1. The van der Waals surface area contributed by atoms with Gasteiger partial charge in [-0.1, -0.05) is 6.92 Å². The van der Waals surface area contributed by atoms with Gasteiger partial charge in [0.2, 0.25) is 5.91 Å². The number of aromatic nitrogens is 1. The first-order valence-corrected chi connectivity index (χ1v) is 7.47. The second kappa shape index (κ2) is 7.12. The number of hydrogen-bond acceptors (Lipinski definition) is 4. The zero-order valence-corrected chi connectivity index (χ0v) is 13.6. The lowest BCUT2D eigenvalue weighted by atomic mass is 10.1. The first-order chi connectivity index (χ1) is 11.4. The van der Waals surface area contributed by atoms with Crippen molar-refractivity contribution in [1.82, 2.24) is 10.3 Å². The van der Waals surface area contributed by atoms with E-state index in [1.54, 1.807) is 6.92 Å². The first-order valence-electron chi connectivity index (χ1n) is 7.47. The number of aryl methyl sites for hydroxylation is 1. The van der Waals surface area contributed by atoms with E-state index in [1.807, 2.05) is 12.2 Å². The van der Waals surface area contributed by atoms with Gasteiger partial charge in [0.1, 0.15) is 17.2 Å². The summed E-state index contributed by atoms with van der Waals surface area (Å²) in [4.78, 5) is 37.9. The van der Waals surface area contributed by atoms with Gasteiger partial charge < -0.3 is 9.72 Å². The molecule has 0 saturated heterocycles. The van der Waals surface area contributed by atoms with E-state index in [0.717, 1.165) is 0 Å². The van der Waals surface area contributed by atoms with Gasteiger partial charge in [0.25, 0.3) is 0 Å². The Bertz CT molecular complexity index is 813. The SMILES string of the molecule is CCOC(=O)c1c(NC(=O)NC(C)=O)[nH]c2c(CC)cc(F)cc12. The summed E-state index contributed by atoms with van der Waals surface area (Å²) in [5, 5.41) is 4.74. The number of anilines is 1. The van der Waals surface area contributed by atoms with E-state index >= 15 is 0 Å². The Hall–Kier alpha value is -2.90. The van der Waals surface area contributed by atoms with Crippen LogP contribution >= 0.6 is 0 Å². The smallest absolute Gasteiger partial charge is 0.342 e. The number of imide groups is 1. The van der Waals surface area contributed by atoms with Crippen LogP contribution in [0, 0.1) is 5.82 Å². The highest BCUT2D eigenvalue weighted by molar-refractivity contribution is 6.13. The van der Waals surface area contributed by atoms with Crippen LogP contribution in [0.5, 0.6) is 0 Å². The molecule has 0 bridgehead atoms. The van der Waals surface area contributed by atoms with Crippen molar-refractivity contribution >= 4 is 34.6 Å². The minimum atomic E-state index is -0.807. The van der Waals surface area contributed by atoms with Gasteiger partial charge >= 0.3 is 12.0 Å². The maximum atomic E-state index is 13.8. The predicted molar refractivity (Wildman–Crippen MR) is 86.4 cm³/mol. The van der Waals surface area contributed by atoms with Crippen LogP contribution in [0.2, 0.25) is 0 Å². The molecule has 0 aliphatic rings. The number of benzene rings is 1. The number of esters is 1. The monoisotopic (exact) mass is 335 g/mol. The van der Waals surface area contributed by atoms with E-state index in [2.05, 4.69) is 10.3 Å². The largest absolute Gasteiger partial charge is 0.462 e. The van der Waals surface area contributed by atoms with Crippen molar-refractivity contribution in [2.75, 3.05) is 11.9 Å². The Labute approximate surface area is 137 Å². The zero-order valence-electron chi connectivity index (χ0n) is 13.6. The third kappa shape index (κ3) is 3.53. The molecule has 7 nitrogen and oxygen atoms in total. The molecular weight excluding hydrogens is 317 g/mol. The molecule has 2 aromatic rings. The Kier molecular flexibility index (Phi) is 5.18. The zero-order chi connectivity index (χ0) is 17.9. The van der Waals surface area contributed by atoms with Gasteiger partial charge in [-0.2, -0.15) is 0 Å². The van der Waals surface area contributed by atoms with Crippen molar-refractivity contribution in [2.45, 2.75) is 27.2 Å². The fraction of sp³-hybridized carbons (Fsp3) is 0.312. The lowest BCUT2D eigenvalue weighted by Crippen LogP contribution is -2.33. The standard InChI is InChI=1S/C16H18FN3O4/c1-4-9-6-10(17)7-11-12(15(22)24-5-2)14(19-13(9)11)20-16(23)18-8(3)21/h6-7,19H,4-5H2,1-3H3,(H2,18,20,21,23). The highest BCUT2D eigenvalue weighted by Gasteiger charge is 2.23. The predicted octanol–water partition coefficient (Wildman–Crippen LogP) is 2.71. The molecule has 3 amide bonds. The second-order valence-corrected chi connectivity index (χ2v) is 5.07. The maximum absolute atomic E-state index is 13.8. The number of rotatable bonds is 4. The number of fused-ring (bicyclic) bond motifs is 1. The lowest BCUT2D eigenvalue weighted by molar-refractivity contribution is -0.117. The van der Waals surface area contributed by atoms with Crippen LogP contribution < -0.4 is 10.6 Å². The molecule has 2 rings (SSSR count). The summed E-state index contributed by atoms with van der Waals surface area (Å²) in [6, 6.07) is 1.75. The molecule has 0 radical (unpaired) electrons. The van der Waals surface area contributed by atoms with Crippen LogP contribution in [0.15, 0.2) is 12.1 Å². The third-order valence-corrected chi connectivity index (χ3v) is 3.34. The van der Waals surface area contributed by atoms with E-state index in [0.29, 0.717) is 22.9 Å². The molecule has 1 aromatic heterocycles. The van der Waals surface area contributed by atoms with Gasteiger partial charge in [-0.05, 0) is 31.0 Å².